The average molecular weight is 319 g/mol. The maximum atomic E-state index is 12.9. The summed E-state index contributed by atoms with van der Waals surface area (Å²) in [7, 11) is 0. The standard InChI is InChI=1S/C16H18FN3O3/c17-12-1-3-15(4-2-12)23-11-16(22)19-9-13-5-7-18-20(13)8-6-14(19)10-21/h1-5,7,14,21H,6,8-11H2/t14-/m0/s1. The summed E-state index contributed by atoms with van der Waals surface area (Å²) in [6.07, 6.45) is 2.33. The molecule has 0 unspecified atom stereocenters. The first kappa shape index (κ1) is 15.5. The topological polar surface area (TPSA) is 67.6 Å². The molecule has 2 aromatic rings. The number of rotatable bonds is 4. The molecule has 0 fully saturated rings. The van der Waals surface area contributed by atoms with Crippen molar-refractivity contribution in [1.29, 1.82) is 0 Å². The molecule has 0 aliphatic carbocycles. The number of hydrogen-bond acceptors (Lipinski definition) is 4. The van der Waals surface area contributed by atoms with E-state index in [1.807, 2.05) is 10.7 Å². The van der Waals surface area contributed by atoms with E-state index < -0.39 is 0 Å². The normalized spacial score (nSPS) is 17.5. The van der Waals surface area contributed by atoms with E-state index in [1.165, 1.54) is 24.3 Å². The van der Waals surface area contributed by atoms with E-state index in [9.17, 15) is 14.3 Å². The first-order valence-electron chi connectivity index (χ1n) is 7.47. The average Bonchev–Trinajstić information content (AvgIpc) is 2.93. The van der Waals surface area contributed by atoms with Gasteiger partial charge in [-0.2, -0.15) is 5.10 Å². The first-order chi connectivity index (χ1) is 11.2. The Balaban J connectivity index is 1.67. The van der Waals surface area contributed by atoms with Crippen molar-refractivity contribution < 1.29 is 19.0 Å². The third-order valence-corrected chi connectivity index (χ3v) is 3.96. The van der Waals surface area contributed by atoms with Crippen LogP contribution in [0.15, 0.2) is 36.5 Å². The Morgan fingerprint density at radius 2 is 2.13 bits per heavy atom. The van der Waals surface area contributed by atoms with Gasteiger partial charge in [-0.1, -0.05) is 0 Å². The van der Waals surface area contributed by atoms with Crippen LogP contribution in [0, 0.1) is 5.82 Å². The van der Waals surface area contributed by atoms with E-state index in [4.69, 9.17) is 4.74 Å². The Morgan fingerprint density at radius 1 is 1.35 bits per heavy atom. The zero-order chi connectivity index (χ0) is 16.2. The van der Waals surface area contributed by atoms with Gasteiger partial charge in [-0.3, -0.25) is 9.48 Å². The molecule has 1 aliphatic rings. The number of amides is 1. The van der Waals surface area contributed by atoms with Gasteiger partial charge < -0.3 is 14.7 Å². The van der Waals surface area contributed by atoms with Crippen LogP contribution in [0.25, 0.3) is 0 Å². The molecule has 0 saturated carbocycles. The molecule has 1 amide bonds. The minimum Gasteiger partial charge on any atom is -0.484 e. The van der Waals surface area contributed by atoms with E-state index in [-0.39, 0.29) is 31.0 Å². The Kier molecular flexibility index (Phi) is 4.57. The highest BCUT2D eigenvalue weighted by molar-refractivity contribution is 5.78. The molecule has 1 aromatic heterocycles. The largest absolute Gasteiger partial charge is 0.484 e. The molecular weight excluding hydrogens is 301 g/mol. The third-order valence-electron chi connectivity index (χ3n) is 3.96. The van der Waals surface area contributed by atoms with Crippen LogP contribution < -0.4 is 4.74 Å². The summed E-state index contributed by atoms with van der Waals surface area (Å²) in [6, 6.07) is 7.11. The smallest absolute Gasteiger partial charge is 0.261 e. The molecule has 1 N–H and O–H groups in total. The molecule has 1 aromatic carbocycles. The quantitative estimate of drug-likeness (QED) is 0.919. The lowest BCUT2D eigenvalue weighted by Gasteiger charge is -2.28. The van der Waals surface area contributed by atoms with Crippen molar-refractivity contribution >= 4 is 5.91 Å². The van der Waals surface area contributed by atoms with Crippen LogP contribution >= 0.6 is 0 Å². The molecule has 0 spiro atoms. The van der Waals surface area contributed by atoms with Crippen molar-refractivity contribution in [3.05, 3.63) is 48.0 Å². The van der Waals surface area contributed by atoms with Gasteiger partial charge in [-0.05, 0) is 36.8 Å². The van der Waals surface area contributed by atoms with Crippen molar-refractivity contribution in [1.82, 2.24) is 14.7 Å². The van der Waals surface area contributed by atoms with E-state index in [2.05, 4.69) is 5.10 Å². The van der Waals surface area contributed by atoms with Gasteiger partial charge in [0.1, 0.15) is 11.6 Å². The minimum absolute atomic E-state index is 0.104. The molecule has 122 valence electrons. The summed E-state index contributed by atoms with van der Waals surface area (Å²) in [5.41, 5.74) is 0.927. The van der Waals surface area contributed by atoms with E-state index in [0.29, 0.717) is 25.3 Å². The summed E-state index contributed by atoms with van der Waals surface area (Å²) >= 11 is 0. The predicted octanol–water partition coefficient (Wildman–Crippen LogP) is 1.19. The highest BCUT2D eigenvalue weighted by Gasteiger charge is 2.27. The van der Waals surface area contributed by atoms with Crippen molar-refractivity contribution in [3.8, 4) is 5.75 Å². The number of aliphatic hydroxyl groups excluding tert-OH is 1. The zero-order valence-corrected chi connectivity index (χ0v) is 12.6. The van der Waals surface area contributed by atoms with Crippen LogP contribution in [-0.2, 0) is 17.9 Å². The predicted molar refractivity (Wildman–Crippen MR) is 80.2 cm³/mol. The van der Waals surface area contributed by atoms with Crippen LogP contribution in [0.2, 0.25) is 0 Å². The molecule has 0 saturated heterocycles. The summed E-state index contributed by atoms with van der Waals surface area (Å²) < 4.78 is 20.1. The van der Waals surface area contributed by atoms with Crippen LogP contribution in [-0.4, -0.2) is 44.9 Å². The summed E-state index contributed by atoms with van der Waals surface area (Å²) in [5, 5.41) is 13.8. The van der Waals surface area contributed by atoms with Crippen LogP contribution in [0.5, 0.6) is 5.75 Å². The second-order valence-electron chi connectivity index (χ2n) is 5.43. The van der Waals surface area contributed by atoms with Gasteiger partial charge in [0.15, 0.2) is 6.61 Å². The first-order valence-corrected chi connectivity index (χ1v) is 7.47. The minimum atomic E-state index is -0.357. The Labute approximate surface area is 133 Å². The fraction of sp³-hybridized carbons (Fsp3) is 0.375. The molecule has 3 rings (SSSR count). The van der Waals surface area contributed by atoms with Crippen LogP contribution in [0.3, 0.4) is 0 Å². The van der Waals surface area contributed by atoms with E-state index >= 15 is 0 Å². The Hall–Kier alpha value is -2.41. The number of ether oxygens (including phenoxy) is 1. The number of aryl methyl sites for hydroxylation is 1. The second kappa shape index (κ2) is 6.78. The van der Waals surface area contributed by atoms with Crippen molar-refractivity contribution in [2.24, 2.45) is 0 Å². The molecule has 1 aliphatic heterocycles. The number of aliphatic hydroxyl groups is 1. The summed E-state index contributed by atoms with van der Waals surface area (Å²) in [4.78, 5) is 14.1. The SMILES string of the molecule is O=C(COc1ccc(F)cc1)N1Cc2ccnn2CC[C@H]1CO. The van der Waals surface area contributed by atoms with E-state index in [0.717, 1.165) is 5.69 Å². The van der Waals surface area contributed by atoms with Crippen LogP contribution in [0.1, 0.15) is 12.1 Å². The van der Waals surface area contributed by atoms with Crippen molar-refractivity contribution in [2.45, 2.75) is 25.6 Å². The number of carbonyl (C=O) groups excluding carboxylic acids is 1. The number of carbonyl (C=O) groups is 1. The third kappa shape index (κ3) is 3.50. The maximum Gasteiger partial charge on any atom is 0.261 e. The van der Waals surface area contributed by atoms with Gasteiger partial charge in [0.05, 0.1) is 24.9 Å². The molecule has 23 heavy (non-hydrogen) atoms. The van der Waals surface area contributed by atoms with Gasteiger partial charge in [0.2, 0.25) is 0 Å². The number of halogens is 1. The zero-order valence-electron chi connectivity index (χ0n) is 12.6. The van der Waals surface area contributed by atoms with Crippen molar-refractivity contribution in [2.75, 3.05) is 13.2 Å². The number of nitrogens with zero attached hydrogens (tertiary/aromatic N) is 3. The lowest BCUT2D eigenvalue weighted by atomic mass is 10.2. The number of hydrogen-bond donors (Lipinski definition) is 1. The Morgan fingerprint density at radius 3 is 2.87 bits per heavy atom. The summed E-state index contributed by atoms with van der Waals surface area (Å²) in [6.45, 7) is 0.788. The molecular formula is C16H18FN3O3. The fourth-order valence-electron chi connectivity index (χ4n) is 2.67. The highest BCUT2D eigenvalue weighted by atomic mass is 19.1. The molecule has 6 nitrogen and oxygen atoms in total. The lowest BCUT2D eigenvalue weighted by molar-refractivity contribution is -0.137. The number of benzene rings is 1. The highest BCUT2D eigenvalue weighted by Crippen LogP contribution is 2.18. The molecule has 0 bridgehead atoms. The molecule has 2 heterocycles. The molecule has 1 atom stereocenters. The van der Waals surface area contributed by atoms with Gasteiger partial charge in [0, 0.05) is 12.7 Å². The molecule has 0 radical (unpaired) electrons. The second-order valence-corrected chi connectivity index (χ2v) is 5.43. The van der Waals surface area contributed by atoms with Crippen LogP contribution in [0.4, 0.5) is 4.39 Å². The van der Waals surface area contributed by atoms with Gasteiger partial charge >= 0.3 is 0 Å². The van der Waals surface area contributed by atoms with E-state index in [1.54, 1.807) is 11.1 Å². The van der Waals surface area contributed by atoms with Gasteiger partial charge in [-0.25, -0.2) is 4.39 Å². The fourth-order valence-corrected chi connectivity index (χ4v) is 2.67. The number of fused-ring (bicyclic) bond motifs is 1. The van der Waals surface area contributed by atoms with Crippen molar-refractivity contribution in [3.63, 3.8) is 0 Å². The summed E-state index contributed by atoms with van der Waals surface area (Å²) in [5.74, 6) is -0.145. The number of aromatic nitrogens is 2. The van der Waals surface area contributed by atoms with Gasteiger partial charge in [-0.15, -0.1) is 0 Å². The lowest BCUT2D eigenvalue weighted by Crippen LogP contribution is -2.43. The monoisotopic (exact) mass is 319 g/mol. The Bertz CT molecular complexity index is 671. The van der Waals surface area contributed by atoms with Gasteiger partial charge in [0.25, 0.3) is 5.91 Å². The maximum absolute atomic E-state index is 12.9. The molecule has 7 heteroatoms.